The predicted molar refractivity (Wildman–Crippen MR) is 93.2 cm³/mol. The van der Waals surface area contributed by atoms with Crippen molar-refractivity contribution in [3.8, 4) is 11.5 Å². The van der Waals surface area contributed by atoms with Crippen molar-refractivity contribution in [2.45, 2.75) is 45.7 Å². The van der Waals surface area contributed by atoms with E-state index in [-0.39, 0.29) is 11.9 Å². The normalized spacial score (nSPS) is 14.3. The molecule has 5 heteroatoms. The van der Waals surface area contributed by atoms with Crippen LogP contribution in [-0.2, 0) is 4.79 Å². The summed E-state index contributed by atoms with van der Waals surface area (Å²) in [4.78, 5) is 14.3. The van der Waals surface area contributed by atoms with Crippen molar-refractivity contribution in [3.05, 3.63) is 28.8 Å². The highest BCUT2D eigenvalue weighted by molar-refractivity contribution is 6.32. The number of halogens is 1. The number of carbonyl (C=O) groups excluding carboxylic acids is 1. The first-order chi connectivity index (χ1) is 11.0. The van der Waals surface area contributed by atoms with Gasteiger partial charge in [-0.15, -0.1) is 0 Å². The first-order valence-electron chi connectivity index (χ1n) is 7.98. The molecular weight excluding hydrogens is 314 g/mol. The summed E-state index contributed by atoms with van der Waals surface area (Å²) in [6.45, 7) is 6.48. The topological polar surface area (TPSA) is 38.8 Å². The summed E-state index contributed by atoms with van der Waals surface area (Å²) in [6, 6.07) is 4.19. The summed E-state index contributed by atoms with van der Waals surface area (Å²) in [5.41, 5.74) is 0.808. The molecule has 1 aliphatic carbocycles. The van der Waals surface area contributed by atoms with E-state index in [4.69, 9.17) is 21.1 Å². The molecule has 1 aliphatic rings. The molecule has 0 heterocycles. The lowest BCUT2D eigenvalue weighted by molar-refractivity contribution is -0.128. The number of methoxy groups -OCH3 is 1. The van der Waals surface area contributed by atoms with Gasteiger partial charge in [0.25, 0.3) is 0 Å². The van der Waals surface area contributed by atoms with Crippen molar-refractivity contribution in [2.24, 2.45) is 0 Å². The van der Waals surface area contributed by atoms with Crippen LogP contribution in [-0.4, -0.2) is 36.6 Å². The van der Waals surface area contributed by atoms with E-state index in [1.54, 1.807) is 25.3 Å². The maximum atomic E-state index is 12.4. The Hall–Kier alpha value is -1.68. The minimum atomic E-state index is 0.0338. The number of hydrogen-bond donors (Lipinski definition) is 0. The van der Waals surface area contributed by atoms with E-state index in [9.17, 15) is 4.79 Å². The largest absolute Gasteiger partial charge is 0.493 e. The molecule has 0 aliphatic heterocycles. The highest BCUT2D eigenvalue weighted by Gasteiger charge is 2.33. The van der Waals surface area contributed by atoms with Gasteiger partial charge in [-0.3, -0.25) is 4.79 Å². The molecule has 23 heavy (non-hydrogen) atoms. The van der Waals surface area contributed by atoms with Crippen LogP contribution in [0.5, 0.6) is 11.5 Å². The Morgan fingerprint density at radius 3 is 2.65 bits per heavy atom. The van der Waals surface area contributed by atoms with E-state index < -0.39 is 0 Å². The maximum absolute atomic E-state index is 12.4. The Kier molecular flexibility index (Phi) is 5.94. The minimum absolute atomic E-state index is 0.0338. The Morgan fingerprint density at radius 1 is 1.43 bits per heavy atom. The summed E-state index contributed by atoms with van der Waals surface area (Å²) in [6.07, 6.45) is 5.56. The quantitative estimate of drug-likeness (QED) is 0.701. The van der Waals surface area contributed by atoms with Gasteiger partial charge in [0.15, 0.2) is 11.5 Å². The lowest BCUT2D eigenvalue weighted by atomic mass is 10.1. The average Bonchev–Trinajstić information content (AvgIpc) is 3.32. The third kappa shape index (κ3) is 4.41. The second kappa shape index (κ2) is 7.73. The van der Waals surface area contributed by atoms with E-state index in [1.165, 1.54) is 0 Å². The summed E-state index contributed by atoms with van der Waals surface area (Å²) in [7, 11) is 1.57. The zero-order chi connectivity index (χ0) is 17.0. The molecule has 4 nitrogen and oxygen atoms in total. The SMILES string of the molecule is CCOc1c(Cl)cc(/C=C/C(=O)N(C(C)C)C2CC2)cc1OC. The van der Waals surface area contributed by atoms with Gasteiger partial charge in [-0.2, -0.15) is 0 Å². The molecule has 126 valence electrons. The first kappa shape index (κ1) is 17.7. The Balaban J connectivity index is 2.18. The van der Waals surface area contributed by atoms with Gasteiger partial charge in [-0.05, 0) is 57.4 Å². The number of amides is 1. The maximum Gasteiger partial charge on any atom is 0.247 e. The molecule has 1 amide bonds. The third-order valence-electron chi connectivity index (χ3n) is 3.71. The van der Waals surface area contributed by atoms with Crippen molar-refractivity contribution < 1.29 is 14.3 Å². The highest BCUT2D eigenvalue weighted by atomic mass is 35.5. The van der Waals surface area contributed by atoms with Crippen molar-refractivity contribution in [1.82, 2.24) is 4.90 Å². The fourth-order valence-electron chi connectivity index (χ4n) is 2.58. The Labute approximate surface area is 143 Å². The molecule has 0 saturated heterocycles. The molecule has 0 radical (unpaired) electrons. The minimum Gasteiger partial charge on any atom is -0.493 e. The van der Waals surface area contributed by atoms with Gasteiger partial charge in [0, 0.05) is 18.2 Å². The molecule has 0 spiro atoms. The van der Waals surface area contributed by atoms with Crippen LogP contribution in [0.15, 0.2) is 18.2 Å². The molecule has 0 atom stereocenters. The monoisotopic (exact) mass is 337 g/mol. The van der Waals surface area contributed by atoms with E-state index in [2.05, 4.69) is 0 Å². The lowest BCUT2D eigenvalue weighted by Gasteiger charge is -2.25. The molecule has 0 N–H and O–H groups in total. The van der Waals surface area contributed by atoms with Crippen LogP contribution in [0, 0.1) is 0 Å². The van der Waals surface area contributed by atoms with Crippen LogP contribution in [0.25, 0.3) is 6.08 Å². The zero-order valence-electron chi connectivity index (χ0n) is 14.1. The average molecular weight is 338 g/mol. The van der Waals surface area contributed by atoms with Crippen LogP contribution in [0.3, 0.4) is 0 Å². The fourth-order valence-corrected chi connectivity index (χ4v) is 2.86. The van der Waals surface area contributed by atoms with Gasteiger partial charge in [-0.1, -0.05) is 11.6 Å². The standard InChI is InChI=1S/C18H24ClNO3/c1-5-23-18-15(19)10-13(11-16(18)22-4)6-9-17(21)20(12(2)3)14-7-8-14/h6,9-12,14H,5,7-8H2,1-4H3/b9-6+. The highest BCUT2D eigenvalue weighted by Crippen LogP contribution is 2.37. The fraction of sp³-hybridized carbons (Fsp3) is 0.500. The second-order valence-corrected chi connectivity index (χ2v) is 6.28. The third-order valence-corrected chi connectivity index (χ3v) is 3.99. The van der Waals surface area contributed by atoms with Gasteiger partial charge in [-0.25, -0.2) is 0 Å². The van der Waals surface area contributed by atoms with Crippen LogP contribution in [0.2, 0.25) is 5.02 Å². The van der Waals surface area contributed by atoms with Gasteiger partial charge >= 0.3 is 0 Å². The van der Waals surface area contributed by atoms with Crippen molar-refractivity contribution in [3.63, 3.8) is 0 Å². The zero-order valence-corrected chi connectivity index (χ0v) is 14.9. The van der Waals surface area contributed by atoms with Crippen molar-refractivity contribution in [1.29, 1.82) is 0 Å². The van der Waals surface area contributed by atoms with Crippen LogP contribution < -0.4 is 9.47 Å². The van der Waals surface area contributed by atoms with Crippen LogP contribution >= 0.6 is 11.6 Å². The van der Waals surface area contributed by atoms with E-state index in [0.29, 0.717) is 29.2 Å². The molecule has 1 saturated carbocycles. The van der Waals surface area contributed by atoms with Gasteiger partial charge in [0.2, 0.25) is 5.91 Å². The Bertz CT molecular complexity index is 592. The van der Waals surface area contributed by atoms with Crippen molar-refractivity contribution in [2.75, 3.05) is 13.7 Å². The summed E-state index contributed by atoms with van der Waals surface area (Å²) < 4.78 is 10.8. The smallest absolute Gasteiger partial charge is 0.247 e. The van der Waals surface area contributed by atoms with Crippen LogP contribution in [0.1, 0.15) is 39.2 Å². The lowest BCUT2D eigenvalue weighted by Crippen LogP contribution is -2.37. The number of hydrogen-bond acceptors (Lipinski definition) is 3. The summed E-state index contributed by atoms with van der Waals surface area (Å²) in [5.74, 6) is 1.13. The van der Waals surface area contributed by atoms with Crippen LogP contribution in [0.4, 0.5) is 0 Å². The molecule has 2 rings (SSSR count). The van der Waals surface area contributed by atoms with Gasteiger partial charge in [0.05, 0.1) is 18.7 Å². The molecule has 1 aromatic carbocycles. The summed E-state index contributed by atoms with van der Waals surface area (Å²) >= 11 is 6.25. The number of carbonyl (C=O) groups is 1. The molecule has 1 fully saturated rings. The predicted octanol–water partition coefficient (Wildman–Crippen LogP) is 4.16. The van der Waals surface area contributed by atoms with Crippen molar-refractivity contribution >= 4 is 23.6 Å². The van der Waals surface area contributed by atoms with Gasteiger partial charge in [0.1, 0.15) is 0 Å². The van der Waals surface area contributed by atoms with E-state index in [1.807, 2.05) is 31.7 Å². The van der Waals surface area contributed by atoms with E-state index in [0.717, 1.165) is 18.4 Å². The molecule has 0 aromatic heterocycles. The number of ether oxygens (including phenoxy) is 2. The second-order valence-electron chi connectivity index (χ2n) is 5.87. The van der Waals surface area contributed by atoms with E-state index >= 15 is 0 Å². The molecule has 0 bridgehead atoms. The Morgan fingerprint density at radius 2 is 2.13 bits per heavy atom. The number of rotatable bonds is 7. The number of nitrogens with zero attached hydrogens (tertiary/aromatic N) is 1. The summed E-state index contributed by atoms with van der Waals surface area (Å²) in [5, 5.41) is 0.473. The molecular formula is C18H24ClNO3. The number of benzene rings is 1. The first-order valence-corrected chi connectivity index (χ1v) is 8.36. The molecule has 1 aromatic rings. The van der Waals surface area contributed by atoms with Gasteiger partial charge < -0.3 is 14.4 Å². The molecule has 0 unspecified atom stereocenters.